The second-order valence-corrected chi connectivity index (χ2v) is 11.7. The molecule has 6 nitrogen and oxygen atoms in total. The van der Waals surface area contributed by atoms with Crippen LogP contribution in [-0.4, -0.2) is 35.7 Å². The largest absolute Gasteiger partial charge is 0.493 e. The van der Waals surface area contributed by atoms with Gasteiger partial charge in [-0.05, 0) is 92.5 Å². The minimum atomic E-state index is -0.108. The number of rotatable bonds is 11. The molecular formula is C32H39N3O3. The number of methoxy groups -OCH3 is 1. The maximum absolute atomic E-state index is 13.4. The van der Waals surface area contributed by atoms with Gasteiger partial charge in [0, 0.05) is 18.4 Å². The average Bonchev–Trinajstić information content (AvgIpc) is 3.26. The standard InChI is InChI=1S/C32H39N3O3/c1-3-6-22-9-10-28(29(18-22)37-2)38-14-13-35-27-8-5-4-7-26(27)34-30(35)11-12-33-31(36)32-19-23-15-24(20-32)17-25(16-23)21-32/h3-5,7-10,18,23-25H,1,6,11-17,19-21H2,2H3,(H,33,36). The maximum Gasteiger partial charge on any atom is 0.226 e. The molecule has 3 aromatic rings. The first kappa shape index (κ1) is 25.0. The molecule has 1 heterocycles. The quantitative estimate of drug-likeness (QED) is 0.333. The molecule has 7 rings (SSSR count). The summed E-state index contributed by atoms with van der Waals surface area (Å²) in [4.78, 5) is 18.3. The van der Waals surface area contributed by atoms with Crippen LogP contribution in [0, 0.1) is 23.2 Å². The van der Waals surface area contributed by atoms with E-state index in [1.807, 2.05) is 42.5 Å². The Labute approximate surface area is 225 Å². The lowest BCUT2D eigenvalue weighted by molar-refractivity contribution is -0.146. The van der Waals surface area contributed by atoms with E-state index in [0.717, 1.165) is 77.4 Å². The Morgan fingerprint density at radius 1 is 1.11 bits per heavy atom. The average molecular weight is 514 g/mol. The second-order valence-electron chi connectivity index (χ2n) is 11.7. The predicted octanol–water partition coefficient (Wildman–Crippen LogP) is 5.73. The van der Waals surface area contributed by atoms with Crippen molar-refractivity contribution in [2.75, 3.05) is 20.3 Å². The van der Waals surface area contributed by atoms with Gasteiger partial charge < -0.3 is 19.4 Å². The SMILES string of the molecule is C=CCc1ccc(OCCn2c(CCNC(=O)C34CC5CC(CC(C5)C3)C4)nc3ccccc32)c(OC)c1. The van der Waals surface area contributed by atoms with Crippen molar-refractivity contribution < 1.29 is 14.3 Å². The minimum Gasteiger partial charge on any atom is -0.493 e. The third kappa shape index (κ3) is 4.81. The van der Waals surface area contributed by atoms with E-state index in [2.05, 4.69) is 22.5 Å². The monoisotopic (exact) mass is 513 g/mol. The summed E-state index contributed by atoms with van der Waals surface area (Å²) in [6.45, 7) is 5.58. The number of hydrogen-bond donors (Lipinski definition) is 1. The Kier molecular flexibility index (Phi) is 6.89. The highest BCUT2D eigenvalue weighted by atomic mass is 16.5. The molecule has 4 aliphatic carbocycles. The number of para-hydroxylation sites is 2. The Morgan fingerprint density at radius 3 is 2.55 bits per heavy atom. The summed E-state index contributed by atoms with van der Waals surface area (Å²) >= 11 is 0. The zero-order chi connectivity index (χ0) is 26.1. The number of carbonyl (C=O) groups is 1. The summed E-state index contributed by atoms with van der Waals surface area (Å²) in [5.74, 6) is 5.04. The number of hydrogen-bond acceptors (Lipinski definition) is 4. The van der Waals surface area contributed by atoms with Crippen LogP contribution < -0.4 is 14.8 Å². The molecule has 1 amide bonds. The first-order valence-corrected chi connectivity index (χ1v) is 14.2. The van der Waals surface area contributed by atoms with Crippen LogP contribution in [0.25, 0.3) is 11.0 Å². The van der Waals surface area contributed by atoms with Gasteiger partial charge in [0.25, 0.3) is 0 Å². The van der Waals surface area contributed by atoms with Crippen LogP contribution in [0.1, 0.15) is 49.9 Å². The molecule has 200 valence electrons. The number of imidazole rings is 1. The van der Waals surface area contributed by atoms with E-state index in [0.29, 0.717) is 26.1 Å². The lowest BCUT2D eigenvalue weighted by Gasteiger charge is -2.55. The number of nitrogens with zero attached hydrogens (tertiary/aromatic N) is 2. The summed E-state index contributed by atoms with van der Waals surface area (Å²) in [6, 6.07) is 14.2. The smallest absolute Gasteiger partial charge is 0.226 e. The van der Waals surface area contributed by atoms with Gasteiger partial charge in [-0.15, -0.1) is 6.58 Å². The first-order valence-electron chi connectivity index (χ1n) is 14.2. The van der Waals surface area contributed by atoms with Crippen molar-refractivity contribution in [3.05, 3.63) is 66.5 Å². The number of ether oxygens (including phenoxy) is 2. The molecule has 1 aromatic heterocycles. The van der Waals surface area contributed by atoms with Crippen LogP contribution in [0.2, 0.25) is 0 Å². The fourth-order valence-electron chi connectivity index (χ4n) is 7.80. The third-order valence-corrected chi connectivity index (χ3v) is 9.07. The van der Waals surface area contributed by atoms with Gasteiger partial charge in [0.1, 0.15) is 12.4 Å². The van der Waals surface area contributed by atoms with Crippen LogP contribution in [0.5, 0.6) is 11.5 Å². The Bertz CT molecular complexity index is 1290. The summed E-state index contributed by atoms with van der Waals surface area (Å²) in [5, 5.41) is 3.33. The van der Waals surface area contributed by atoms with Crippen molar-refractivity contribution in [2.24, 2.45) is 23.2 Å². The number of allylic oxidation sites excluding steroid dienone is 1. The molecule has 0 aliphatic heterocycles. The number of nitrogens with one attached hydrogen (secondary N) is 1. The Morgan fingerprint density at radius 2 is 1.84 bits per heavy atom. The zero-order valence-corrected chi connectivity index (χ0v) is 22.5. The molecule has 0 unspecified atom stereocenters. The van der Waals surface area contributed by atoms with Crippen molar-refractivity contribution in [3.8, 4) is 11.5 Å². The van der Waals surface area contributed by atoms with Crippen LogP contribution in [-0.2, 0) is 24.2 Å². The van der Waals surface area contributed by atoms with Gasteiger partial charge in [-0.2, -0.15) is 0 Å². The van der Waals surface area contributed by atoms with E-state index in [1.54, 1.807) is 7.11 Å². The van der Waals surface area contributed by atoms with E-state index in [1.165, 1.54) is 19.3 Å². The number of benzene rings is 2. The number of fused-ring (bicyclic) bond motifs is 1. The van der Waals surface area contributed by atoms with Gasteiger partial charge in [-0.3, -0.25) is 4.79 Å². The van der Waals surface area contributed by atoms with Crippen molar-refractivity contribution >= 4 is 16.9 Å². The number of carbonyl (C=O) groups excluding carboxylic acids is 1. The summed E-state index contributed by atoms with van der Waals surface area (Å²) in [6.07, 6.45) is 10.7. The summed E-state index contributed by atoms with van der Waals surface area (Å²) < 4.78 is 13.9. The lowest BCUT2D eigenvalue weighted by Crippen LogP contribution is -2.53. The van der Waals surface area contributed by atoms with Gasteiger partial charge in [0.05, 0.1) is 24.7 Å². The maximum atomic E-state index is 13.4. The van der Waals surface area contributed by atoms with E-state index in [9.17, 15) is 4.79 Å². The minimum absolute atomic E-state index is 0.108. The van der Waals surface area contributed by atoms with E-state index in [-0.39, 0.29) is 11.3 Å². The van der Waals surface area contributed by atoms with Crippen LogP contribution in [0.4, 0.5) is 0 Å². The fourth-order valence-corrected chi connectivity index (χ4v) is 7.80. The van der Waals surface area contributed by atoms with E-state index in [4.69, 9.17) is 14.5 Å². The predicted molar refractivity (Wildman–Crippen MR) is 149 cm³/mol. The molecule has 4 fully saturated rings. The van der Waals surface area contributed by atoms with Crippen molar-refractivity contribution in [1.29, 1.82) is 0 Å². The molecule has 0 atom stereocenters. The first-order chi connectivity index (χ1) is 18.6. The molecule has 6 heteroatoms. The molecule has 0 saturated heterocycles. The Balaban J connectivity index is 1.11. The molecule has 0 spiro atoms. The molecular weight excluding hydrogens is 474 g/mol. The zero-order valence-electron chi connectivity index (χ0n) is 22.5. The van der Waals surface area contributed by atoms with Crippen molar-refractivity contribution in [2.45, 2.75) is 57.9 Å². The molecule has 0 radical (unpaired) electrons. The van der Waals surface area contributed by atoms with Gasteiger partial charge in [0.2, 0.25) is 5.91 Å². The van der Waals surface area contributed by atoms with Crippen molar-refractivity contribution in [1.82, 2.24) is 14.9 Å². The van der Waals surface area contributed by atoms with E-state index < -0.39 is 0 Å². The molecule has 38 heavy (non-hydrogen) atoms. The summed E-state index contributed by atoms with van der Waals surface area (Å²) in [5.41, 5.74) is 3.10. The highest BCUT2D eigenvalue weighted by molar-refractivity contribution is 5.83. The van der Waals surface area contributed by atoms with Crippen molar-refractivity contribution in [3.63, 3.8) is 0 Å². The number of amides is 1. The molecule has 4 aliphatic rings. The van der Waals surface area contributed by atoms with Gasteiger partial charge in [-0.25, -0.2) is 4.98 Å². The lowest BCUT2D eigenvalue weighted by atomic mass is 9.49. The molecule has 2 aromatic carbocycles. The fraction of sp³-hybridized carbons (Fsp3) is 0.500. The molecule has 4 saturated carbocycles. The normalized spacial score (nSPS) is 25.4. The van der Waals surface area contributed by atoms with Gasteiger partial charge >= 0.3 is 0 Å². The second kappa shape index (κ2) is 10.5. The third-order valence-electron chi connectivity index (χ3n) is 9.07. The van der Waals surface area contributed by atoms with Crippen LogP contribution in [0.3, 0.4) is 0 Å². The Hall–Kier alpha value is -3.28. The summed E-state index contributed by atoms with van der Waals surface area (Å²) in [7, 11) is 1.67. The van der Waals surface area contributed by atoms with Crippen LogP contribution >= 0.6 is 0 Å². The topological polar surface area (TPSA) is 65.4 Å². The highest BCUT2D eigenvalue weighted by Gasteiger charge is 2.54. The number of aromatic nitrogens is 2. The highest BCUT2D eigenvalue weighted by Crippen LogP contribution is 2.60. The van der Waals surface area contributed by atoms with E-state index >= 15 is 0 Å². The van der Waals surface area contributed by atoms with Crippen LogP contribution in [0.15, 0.2) is 55.1 Å². The van der Waals surface area contributed by atoms with Gasteiger partial charge in [0.15, 0.2) is 11.5 Å². The molecule has 1 N–H and O–H groups in total. The van der Waals surface area contributed by atoms with Gasteiger partial charge in [-0.1, -0.05) is 24.3 Å². The molecule has 4 bridgehead atoms.